The second-order valence-electron chi connectivity index (χ2n) is 6.41. The van der Waals surface area contributed by atoms with Crippen molar-refractivity contribution >= 4 is 16.7 Å². The second-order valence-corrected chi connectivity index (χ2v) is 6.41. The van der Waals surface area contributed by atoms with Gasteiger partial charge in [-0.25, -0.2) is 4.39 Å². The summed E-state index contributed by atoms with van der Waals surface area (Å²) in [4.78, 5) is 12.3. The fourth-order valence-corrected chi connectivity index (χ4v) is 3.29. The van der Waals surface area contributed by atoms with Gasteiger partial charge in [0, 0.05) is 5.39 Å². The zero-order chi connectivity index (χ0) is 18.7. The van der Waals surface area contributed by atoms with Crippen molar-refractivity contribution in [3.8, 4) is 11.5 Å². The molecule has 3 nitrogen and oxygen atoms in total. The first-order valence-corrected chi connectivity index (χ1v) is 8.49. The number of ether oxygens (including phenoxy) is 2. The van der Waals surface area contributed by atoms with E-state index in [1.54, 1.807) is 0 Å². The maximum absolute atomic E-state index is 14.2. The molecule has 0 spiro atoms. The Balaban J connectivity index is 1.73. The third-order valence-corrected chi connectivity index (χ3v) is 4.76. The number of carbonyl (C=O) groups excluding carboxylic acids is 1. The van der Waals surface area contributed by atoms with Gasteiger partial charge >= 0.3 is 12.6 Å². The first-order chi connectivity index (χ1) is 12.5. The molecule has 2 aromatic rings. The Morgan fingerprint density at radius 2 is 1.88 bits per heavy atom. The molecule has 0 saturated heterocycles. The number of esters is 1. The Hall–Kier alpha value is -2.50. The Labute approximate surface area is 149 Å². The van der Waals surface area contributed by atoms with E-state index in [1.165, 1.54) is 24.3 Å². The van der Waals surface area contributed by atoms with E-state index in [2.05, 4.69) is 11.3 Å². The van der Waals surface area contributed by atoms with E-state index in [0.29, 0.717) is 17.1 Å². The maximum Gasteiger partial charge on any atom is 0.387 e. The lowest BCUT2D eigenvalue weighted by Gasteiger charge is -2.25. The highest BCUT2D eigenvalue weighted by Gasteiger charge is 2.26. The fraction of sp³-hybridized carbons (Fsp3) is 0.350. The summed E-state index contributed by atoms with van der Waals surface area (Å²) in [5.41, 5.74) is 0. The van der Waals surface area contributed by atoms with Crippen LogP contribution in [-0.4, -0.2) is 12.6 Å². The lowest BCUT2D eigenvalue weighted by Crippen LogP contribution is -2.25. The lowest BCUT2D eigenvalue weighted by atomic mass is 9.82. The number of hydrogen-bond donors (Lipinski definition) is 0. The van der Waals surface area contributed by atoms with Gasteiger partial charge in [0.2, 0.25) is 0 Å². The second kappa shape index (κ2) is 7.81. The Kier molecular flexibility index (Phi) is 5.49. The molecule has 0 N–H and O–H groups in total. The van der Waals surface area contributed by atoms with Gasteiger partial charge in [0.05, 0.1) is 5.92 Å². The van der Waals surface area contributed by atoms with Gasteiger partial charge in [-0.1, -0.05) is 12.1 Å². The molecule has 0 atom stereocenters. The first-order valence-electron chi connectivity index (χ1n) is 8.49. The van der Waals surface area contributed by atoms with Crippen LogP contribution < -0.4 is 9.47 Å². The summed E-state index contributed by atoms with van der Waals surface area (Å²) in [6.45, 7) is 0.684. The van der Waals surface area contributed by atoms with Crippen LogP contribution in [0.3, 0.4) is 0 Å². The minimum absolute atomic E-state index is 0.120. The topological polar surface area (TPSA) is 35.5 Å². The van der Waals surface area contributed by atoms with Crippen LogP contribution in [0.25, 0.3) is 10.8 Å². The molecular formula is C20H19F3O3. The number of rotatable bonds is 5. The average Bonchev–Trinajstić information content (AvgIpc) is 2.64. The molecule has 0 aromatic heterocycles. The Bertz CT molecular complexity index is 811. The van der Waals surface area contributed by atoms with E-state index in [4.69, 9.17) is 4.74 Å². The number of allylic oxidation sites excluding steroid dienone is 1. The minimum atomic E-state index is -3.10. The fourth-order valence-electron chi connectivity index (χ4n) is 3.29. The molecule has 1 aliphatic carbocycles. The van der Waals surface area contributed by atoms with E-state index >= 15 is 0 Å². The average molecular weight is 364 g/mol. The van der Waals surface area contributed by atoms with Crippen molar-refractivity contribution in [3.05, 3.63) is 48.8 Å². The third kappa shape index (κ3) is 4.00. The van der Waals surface area contributed by atoms with Crippen LogP contribution >= 0.6 is 0 Å². The summed E-state index contributed by atoms with van der Waals surface area (Å²) < 4.78 is 48.3. The number of carbonyl (C=O) groups is 1. The number of alkyl halides is 2. The summed E-state index contributed by atoms with van der Waals surface area (Å²) in [7, 11) is 0. The van der Waals surface area contributed by atoms with Gasteiger partial charge in [0.15, 0.2) is 11.6 Å². The minimum Gasteiger partial charge on any atom is -0.432 e. The predicted octanol–water partition coefficient (Wildman–Crippen LogP) is 5.48. The van der Waals surface area contributed by atoms with E-state index in [1.807, 2.05) is 6.08 Å². The molecule has 0 aliphatic heterocycles. The molecule has 2 aromatic carbocycles. The largest absolute Gasteiger partial charge is 0.432 e. The molecule has 3 rings (SSSR count). The molecule has 1 fully saturated rings. The normalized spacial score (nSPS) is 20.2. The molecule has 0 amide bonds. The van der Waals surface area contributed by atoms with Gasteiger partial charge in [-0.3, -0.25) is 4.79 Å². The molecule has 1 aliphatic rings. The molecule has 6 heteroatoms. The predicted molar refractivity (Wildman–Crippen MR) is 91.8 cm³/mol. The van der Waals surface area contributed by atoms with Crippen LogP contribution in [-0.2, 0) is 4.79 Å². The van der Waals surface area contributed by atoms with Crippen LogP contribution in [0.15, 0.2) is 43.0 Å². The van der Waals surface area contributed by atoms with E-state index in [-0.39, 0.29) is 17.3 Å². The Morgan fingerprint density at radius 1 is 1.15 bits per heavy atom. The molecule has 0 heterocycles. The number of halogens is 3. The molecule has 0 unspecified atom stereocenters. The maximum atomic E-state index is 14.2. The molecular weight excluding hydrogens is 345 g/mol. The van der Waals surface area contributed by atoms with Gasteiger partial charge in [0.25, 0.3) is 0 Å². The molecule has 26 heavy (non-hydrogen) atoms. The number of benzene rings is 2. The Morgan fingerprint density at radius 3 is 2.54 bits per heavy atom. The summed E-state index contributed by atoms with van der Waals surface area (Å²) in [6, 6.07) is 6.93. The highest BCUT2D eigenvalue weighted by molar-refractivity contribution is 5.87. The number of hydrogen-bond acceptors (Lipinski definition) is 3. The summed E-state index contributed by atoms with van der Waals surface area (Å²) >= 11 is 0. The van der Waals surface area contributed by atoms with Crippen molar-refractivity contribution in [2.45, 2.75) is 32.3 Å². The van der Waals surface area contributed by atoms with Gasteiger partial charge in [0.1, 0.15) is 5.75 Å². The highest BCUT2D eigenvalue weighted by atomic mass is 19.3. The van der Waals surface area contributed by atoms with Crippen molar-refractivity contribution in [2.75, 3.05) is 0 Å². The quantitative estimate of drug-likeness (QED) is 0.400. The number of fused-ring (bicyclic) bond motifs is 1. The highest BCUT2D eigenvalue weighted by Crippen LogP contribution is 2.32. The third-order valence-electron chi connectivity index (χ3n) is 4.76. The molecule has 1 saturated carbocycles. The summed E-state index contributed by atoms with van der Waals surface area (Å²) in [6.07, 6.45) is 5.27. The summed E-state index contributed by atoms with van der Waals surface area (Å²) in [5, 5.41) is 0.555. The van der Waals surface area contributed by atoms with Crippen LogP contribution in [0.5, 0.6) is 11.5 Å². The summed E-state index contributed by atoms with van der Waals surface area (Å²) in [5.74, 6) is -1.09. The van der Waals surface area contributed by atoms with E-state index < -0.39 is 18.2 Å². The lowest BCUT2D eigenvalue weighted by molar-refractivity contribution is -0.140. The standard InChI is InChI=1S/C20H19F3O3/c1-2-12-3-5-13(6-4-12)19(24)25-15-8-9-16-14(11-15)7-10-17(18(16)21)26-20(22)23/h2,7-13,20H,1,3-6H2. The van der Waals surface area contributed by atoms with Crippen LogP contribution in [0.2, 0.25) is 0 Å². The zero-order valence-electron chi connectivity index (χ0n) is 14.1. The van der Waals surface area contributed by atoms with Crippen molar-refractivity contribution in [1.29, 1.82) is 0 Å². The van der Waals surface area contributed by atoms with Crippen LogP contribution in [0, 0.1) is 17.7 Å². The van der Waals surface area contributed by atoms with Crippen molar-refractivity contribution in [1.82, 2.24) is 0 Å². The van der Waals surface area contributed by atoms with E-state index in [9.17, 15) is 18.0 Å². The van der Waals surface area contributed by atoms with Gasteiger partial charge in [-0.2, -0.15) is 8.78 Å². The van der Waals surface area contributed by atoms with Gasteiger partial charge < -0.3 is 9.47 Å². The van der Waals surface area contributed by atoms with Crippen molar-refractivity contribution in [2.24, 2.45) is 11.8 Å². The monoisotopic (exact) mass is 364 g/mol. The first kappa shape index (κ1) is 18.3. The molecule has 0 bridgehead atoms. The molecule has 138 valence electrons. The molecule has 0 radical (unpaired) electrons. The van der Waals surface area contributed by atoms with Crippen LogP contribution in [0.4, 0.5) is 13.2 Å². The van der Waals surface area contributed by atoms with Gasteiger partial charge in [-0.05, 0) is 61.3 Å². The van der Waals surface area contributed by atoms with Crippen LogP contribution in [0.1, 0.15) is 25.7 Å². The smallest absolute Gasteiger partial charge is 0.387 e. The van der Waals surface area contributed by atoms with Gasteiger partial charge in [-0.15, -0.1) is 6.58 Å². The SMILES string of the molecule is C=CC1CCC(C(=O)Oc2ccc3c(F)c(OC(F)F)ccc3c2)CC1. The zero-order valence-corrected chi connectivity index (χ0v) is 14.1. The van der Waals surface area contributed by atoms with Crippen molar-refractivity contribution in [3.63, 3.8) is 0 Å². The van der Waals surface area contributed by atoms with Crippen molar-refractivity contribution < 1.29 is 27.4 Å². The van der Waals surface area contributed by atoms with E-state index in [0.717, 1.165) is 31.7 Å².